The lowest BCUT2D eigenvalue weighted by Crippen LogP contribution is -2.40. The van der Waals surface area contributed by atoms with Crippen LogP contribution in [0.4, 0.5) is 0 Å². The van der Waals surface area contributed by atoms with Gasteiger partial charge in [-0.25, -0.2) is 0 Å². The first-order valence-electron chi connectivity index (χ1n) is 14.0. The van der Waals surface area contributed by atoms with Crippen molar-refractivity contribution in [2.75, 3.05) is 19.5 Å². The molecule has 2 aliphatic rings. The van der Waals surface area contributed by atoms with Crippen molar-refractivity contribution in [2.45, 2.75) is 48.5 Å². The van der Waals surface area contributed by atoms with Gasteiger partial charge in [0.15, 0.2) is 5.78 Å². The number of Topliss-reactive ketones (excluding diaryl/α,β-unsaturated/α-hetero) is 1. The van der Waals surface area contributed by atoms with Gasteiger partial charge in [-0.05, 0) is 73.6 Å². The molecule has 43 heavy (non-hydrogen) atoms. The molecule has 3 aromatic rings. The number of ether oxygens (including phenoxy) is 2. The summed E-state index contributed by atoms with van der Waals surface area (Å²) < 4.78 is 10.7. The van der Waals surface area contributed by atoms with Crippen LogP contribution in [0.15, 0.2) is 71.1 Å². The predicted octanol–water partition coefficient (Wildman–Crippen LogP) is 7.80. The summed E-state index contributed by atoms with van der Waals surface area (Å²) in [5.41, 5.74) is 8.13. The van der Waals surface area contributed by atoms with Gasteiger partial charge in [-0.15, -0.1) is 11.8 Å². The van der Waals surface area contributed by atoms with E-state index in [1.165, 1.54) is 7.11 Å². The van der Waals surface area contributed by atoms with Gasteiger partial charge in [0.1, 0.15) is 12.4 Å². The number of carbonyl (C=O) groups is 2. The van der Waals surface area contributed by atoms with Gasteiger partial charge in [-0.1, -0.05) is 59.1 Å². The minimum Gasteiger partial charge on any atom is -0.489 e. The molecule has 0 unspecified atom stereocenters. The Morgan fingerprint density at radius 3 is 2.28 bits per heavy atom. The molecule has 3 aromatic carbocycles. The molecule has 0 saturated heterocycles. The Kier molecular flexibility index (Phi) is 9.99. The number of methoxy groups -OCH3 is 1. The third-order valence-electron chi connectivity index (χ3n) is 7.95. The monoisotopic (exact) mass is 659 g/mol. The van der Waals surface area contributed by atoms with Crippen molar-refractivity contribution in [1.29, 1.82) is 0 Å². The van der Waals surface area contributed by atoms with Gasteiger partial charge in [0.2, 0.25) is 0 Å². The summed E-state index contributed by atoms with van der Waals surface area (Å²) in [5.74, 6) is 0.945. The molecule has 0 aromatic heterocycles. The molecule has 3 N–H and O–H groups in total. The first-order valence-corrected chi connectivity index (χ1v) is 16.1. The van der Waals surface area contributed by atoms with Crippen LogP contribution in [0.25, 0.3) is 5.70 Å². The summed E-state index contributed by atoms with van der Waals surface area (Å²) in [4.78, 5) is 25.5. The lowest BCUT2D eigenvalue weighted by molar-refractivity contribution is -0.140. The molecule has 0 amide bonds. The van der Waals surface area contributed by atoms with Crippen molar-refractivity contribution >= 4 is 64.0 Å². The second-order valence-electron chi connectivity index (χ2n) is 10.9. The summed E-state index contributed by atoms with van der Waals surface area (Å²) in [6, 6.07) is 18.4. The van der Waals surface area contributed by atoms with Crippen molar-refractivity contribution in [2.24, 2.45) is 11.7 Å². The fourth-order valence-electron chi connectivity index (χ4n) is 5.30. The minimum atomic E-state index is -1.05. The number of nitrogens with two attached hydrogens (primary N) is 1. The third-order valence-corrected chi connectivity index (χ3v) is 9.91. The number of halogens is 3. The number of rotatable bonds is 12. The summed E-state index contributed by atoms with van der Waals surface area (Å²) in [6.45, 7) is -0.0678. The highest BCUT2D eigenvalue weighted by Gasteiger charge is 2.45. The average Bonchev–Trinajstić information content (AvgIpc) is 3.82. The second-order valence-corrected chi connectivity index (χ2v) is 13.3. The highest BCUT2D eigenvalue weighted by molar-refractivity contribution is 7.99. The van der Waals surface area contributed by atoms with E-state index in [-0.39, 0.29) is 35.9 Å². The minimum absolute atomic E-state index is 0.0678. The molecule has 2 fully saturated rings. The fraction of sp³-hybridized carbons (Fsp3) is 0.333. The summed E-state index contributed by atoms with van der Waals surface area (Å²) in [6.07, 6.45) is 3.07. The van der Waals surface area contributed by atoms with Crippen LogP contribution in [0.2, 0.25) is 15.1 Å². The number of hydrogen-bond acceptors (Lipinski definition) is 7. The van der Waals surface area contributed by atoms with Crippen LogP contribution in [-0.2, 0) is 19.9 Å². The third kappa shape index (κ3) is 7.35. The molecule has 0 heterocycles. The van der Waals surface area contributed by atoms with Crippen LogP contribution in [0.1, 0.15) is 54.7 Å². The second kappa shape index (κ2) is 13.5. The summed E-state index contributed by atoms with van der Waals surface area (Å²) in [7, 11) is 1.39. The van der Waals surface area contributed by atoms with E-state index in [1.54, 1.807) is 48.2 Å². The number of carbonyl (C=O) groups excluding carboxylic acids is 2. The van der Waals surface area contributed by atoms with Crippen molar-refractivity contribution in [3.63, 3.8) is 0 Å². The Labute approximate surface area is 270 Å². The number of thioether (sulfide) groups is 1. The topological polar surface area (TPSA) is 98.9 Å². The molecule has 0 bridgehead atoms. The molecule has 0 aliphatic heterocycles. The van der Waals surface area contributed by atoms with E-state index in [0.29, 0.717) is 62.5 Å². The number of benzene rings is 3. The zero-order valence-electron chi connectivity index (χ0n) is 23.6. The Morgan fingerprint density at radius 1 is 1.00 bits per heavy atom. The Hall–Kier alpha value is -2.68. The van der Waals surface area contributed by atoms with Gasteiger partial charge >= 0.3 is 5.97 Å². The molecule has 0 atom stereocenters. The summed E-state index contributed by atoms with van der Waals surface area (Å²) >= 11 is 21.0. The standard InChI is InChI=1S/C33H32Cl3NO5S/c1-41-29(38)13-14-43-23-10-7-19(8-11-23)21-16-33(40,17-21)25-12-9-22(15-28(25)36)42-18-24(32(39)20-5-6-20)31(37)30-26(34)3-2-4-27(30)35/h2-4,7-12,15,20-21,40H,5-6,13-14,16-18,37H2,1H3. The quantitative estimate of drug-likeness (QED) is 0.116. The molecule has 0 radical (unpaired) electrons. The van der Waals surface area contributed by atoms with Gasteiger partial charge in [-0.2, -0.15) is 0 Å². The lowest BCUT2D eigenvalue weighted by atomic mass is 9.65. The zero-order valence-corrected chi connectivity index (χ0v) is 26.7. The molecule has 226 valence electrons. The van der Waals surface area contributed by atoms with Crippen LogP contribution < -0.4 is 10.5 Å². The van der Waals surface area contributed by atoms with E-state index in [2.05, 4.69) is 16.9 Å². The number of ketones is 1. The van der Waals surface area contributed by atoms with Crippen LogP contribution in [0, 0.1) is 5.92 Å². The smallest absolute Gasteiger partial charge is 0.306 e. The highest BCUT2D eigenvalue weighted by atomic mass is 35.5. The van der Waals surface area contributed by atoms with Crippen molar-refractivity contribution < 1.29 is 24.2 Å². The molecular weight excluding hydrogens is 629 g/mol. The lowest BCUT2D eigenvalue weighted by Gasteiger charge is -2.44. The maximum Gasteiger partial charge on any atom is 0.306 e. The van der Waals surface area contributed by atoms with Gasteiger partial charge in [0, 0.05) is 27.7 Å². The summed E-state index contributed by atoms with van der Waals surface area (Å²) in [5, 5.41) is 12.5. The zero-order chi connectivity index (χ0) is 30.7. The van der Waals surface area contributed by atoms with Crippen LogP contribution in [0.3, 0.4) is 0 Å². The van der Waals surface area contributed by atoms with E-state index >= 15 is 0 Å². The van der Waals surface area contributed by atoms with E-state index < -0.39 is 5.60 Å². The van der Waals surface area contributed by atoms with E-state index in [1.807, 2.05) is 12.1 Å². The van der Waals surface area contributed by atoms with Gasteiger partial charge in [0.05, 0.1) is 45.5 Å². The molecule has 5 rings (SSSR count). The van der Waals surface area contributed by atoms with Crippen LogP contribution >= 0.6 is 46.6 Å². The first kappa shape index (κ1) is 31.7. The Morgan fingerprint density at radius 2 is 1.67 bits per heavy atom. The molecule has 2 saturated carbocycles. The molecule has 2 aliphatic carbocycles. The number of aliphatic hydroxyl groups is 1. The maximum atomic E-state index is 13.1. The predicted molar refractivity (Wildman–Crippen MR) is 172 cm³/mol. The molecule has 6 nitrogen and oxygen atoms in total. The van der Waals surface area contributed by atoms with E-state index in [9.17, 15) is 14.7 Å². The van der Waals surface area contributed by atoms with Crippen LogP contribution in [0.5, 0.6) is 5.75 Å². The average molecular weight is 661 g/mol. The Balaban J connectivity index is 1.23. The van der Waals surface area contributed by atoms with Crippen molar-refractivity contribution in [3.8, 4) is 5.75 Å². The molecule has 0 spiro atoms. The maximum absolute atomic E-state index is 13.1. The highest BCUT2D eigenvalue weighted by Crippen LogP contribution is 2.52. The van der Waals surface area contributed by atoms with Gasteiger partial charge in [-0.3, -0.25) is 9.59 Å². The molecular formula is C33H32Cl3NO5S. The van der Waals surface area contributed by atoms with Crippen LogP contribution in [-0.4, -0.2) is 36.3 Å². The normalized spacial score (nSPS) is 20.2. The molecule has 10 heteroatoms. The largest absolute Gasteiger partial charge is 0.489 e. The number of esters is 1. The Bertz CT molecular complexity index is 1530. The van der Waals surface area contributed by atoms with E-state index in [4.69, 9.17) is 45.3 Å². The van der Waals surface area contributed by atoms with E-state index in [0.717, 1.165) is 23.3 Å². The SMILES string of the molecule is COC(=O)CCSc1ccc(C2CC(O)(c3ccc(OCC(C(=O)C4CC4)=C(N)c4c(Cl)cccc4Cl)cc3Cl)C2)cc1. The first-order chi connectivity index (χ1) is 20.6. The van der Waals surface area contributed by atoms with Gasteiger partial charge < -0.3 is 20.3 Å². The fourth-order valence-corrected chi connectivity index (χ4v) is 7.08. The van der Waals surface area contributed by atoms with Crippen molar-refractivity contribution in [1.82, 2.24) is 0 Å². The number of hydrogen-bond donors (Lipinski definition) is 2. The van der Waals surface area contributed by atoms with Gasteiger partial charge in [0.25, 0.3) is 0 Å². The van der Waals surface area contributed by atoms with Crippen molar-refractivity contribution in [3.05, 3.63) is 98.0 Å².